The van der Waals surface area contributed by atoms with Crippen LogP contribution >= 0.6 is 0 Å². The number of aromatic nitrogens is 4. The molecule has 0 spiro atoms. The van der Waals surface area contributed by atoms with Crippen molar-refractivity contribution < 1.29 is 0 Å². The van der Waals surface area contributed by atoms with E-state index in [1.807, 2.05) is 22.6 Å². The standard InChI is InChI=1S/C13H21N5/c1-5-18-9-12(11(3)16-18)7-14-8-13-10(2)6-15-17(13)4/h6,9,14H,5,7-8H2,1-4H3. The minimum Gasteiger partial charge on any atom is -0.307 e. The van der Waals surface area contributed by atoms with Crippen LogP contribution in [0.15, 0.2) is 12.4 Å². The van der Waals surface area contributed by atoms with Gasteiger partial charge in [0.05, 0.1) is 17.6 Å². The molecular formula is C13H21N5. The molecule has 0 saturated carbocycles. The lowest BCUT2D eigenvalue weighted by Gasteiger charge is -2.05. The van der Waals surface area contributed by atoms with Crippen molar-refractivity contribution in [2.24, 2.45) is 7.05 Å². The molecule has 0 aromatic carbocycles. The van der Waals surface area contributed by atoms with Crippen molar-refractivity contribution in [3.05, 3.63) is 34.9 Å². The molecule has 98 valence electrons. The third kappa shape index (κ3) is 2.61. The minimum atomic E-state index is 0.832. The summed E-state index contributed by atoms with van der Waals surface area (Å²) in [5, 5.41) is 12.1. The number of hydrogen-bond donors (Lipinski definition) is 1. The summed E-state index contributed by atoms with van der Waals surface area (Å²) in [5.74, 6) is 0. The highest BCUT2D eigenvalue weighted by molar-refractivity contribution is 5.17. The zero-order valence-corrected chi connectivity index (χ0v) is 11.6. The van der Waals surface area contributed by atoms with Gasteiger partial charge in [0.1, 0.15) is 0 Å². The van der Waals surface area contributed by atoms with Crippen LogP contribution in [-0.4, -0.2) is 19.6 Å². The zero-order valence-electron chi connectivity index (χ0n) is 11.6. The lowest BCUT2D eigenvalue weighted by molar-refractivity contribution is 0.621. The molecule has 2 aromatic heterocycles. The van der Waals surface area contributed by atoms with Crippen LogP contribution in [0.5, 0.6) is 0 Å². The third-order valence-electron chi connectivity index (χ3n) is 3.25. The van der Waals surface area contributed by atoms with Gasteiger partial charge in [-0.25, -0.2) is 0 Å². The molecule has 0 aliphatic carbocycles. The van der Waals surface area contributed by atoms with Gasteiger partial charge >= 0.3 is 0 Å². The van der Waals surface area contributed by atoms with Crippen LogP contribution in [0.25, 0.3) is 0 Å². The maximum absolute atomic E-state index is 4.44. The Hall–Kier alpha value is -1.62. The first kappa shape index (κ1) is 12.8. The number of aryl methyl sites for hydroxylation is 4. The van der Waals surface area contributed by atoms with E-state index in [0.29, 0.717) is 0 Å². The van der Waals surface area contributed by atoms with E-state index in [1.165, 1.54) is 16.8 Å². The van der Waals surface area contributed by atoms with Gasteiger partial charge in [-0.05, 0) is 26.3 Å². The predicted octanol–water partition coefficient (Wildman–Crippen LogP) is 1.54. The Kier molecular flexibility index (Phi) is 3.81. The Morgan fingerprint density at radius 3 is 2.61 bits per heavy atom. The van der Waals surface area contributed by atoms with Crippen LogP contribution in [-0.2, 0) is 26.7 Å². The van der Waals surface area contributed by atoms with Gasteiger partial charge in [0, 0.05) is 38.4 Å². The lowest BCUT2D eigenvalue weighted by Crippen LogP contribution is -2.16. The van der Waals surface area contributed by atoms with Crippen molar-refractivity contribution in [1.82, 2.24) is 24.9 Å². The molecule has 0 amide bonds. The van der Waals surface area contributed by atoms with Gasteiger partial charge in [-0.2, -0.15) is 10.2 Å². The second-order valence-corrected chi connectivity index (χ2v) is 4.60. The van der Waals surface area contributed by atoms with E-state index < -0.39 is 0 Å². The number of nitrogens with one attached hydrogen (secondary N) is 1. The van der Waals surface area contributed by atoms with Crippen molar-refractivity contribution in [2.45, 2.75) is 40.4 Å². The Bertz CT molecular complexity index is 504. The van der Waals surface area contributed by atoms with E-state index in [4.69, 9.17) is 0 Å². The van der Waals surface area contributed by atoms with E-state index in [1.54, 1.807) is 0 Å². The van der Waals surface area contributed by atoms with Crippen LogP contribution in [0.4, 0.5) is 0 Å². The van der Waals surface area contributed by atoms with Crippen LogP contribution in [0.1, 0.15) is 29.4 Å². The number of rotatable bonds is 5. The van der Waals surface area contributed by atoms with E-state index in [2.05, 4.69) is 42.5 Å². The first-order valence-electron chi connectivity index (χ1n) is 6.33. The molecule has 0 saturated heterocycles. The molecule has 0 aliphatic rings. The van der Waals surface area contributed by atoms with Gasteiger partial charge < -0.3 is 5.32 Å². The molecule has 0 atom stereocenters. The maximum Gasteiger partial charge on any atom is 0.0638 e. The molecule has 18 heavy (non-hydrogen) atoms. The van der Waals surface area contributed by atoms with Crippen molar-refractivity contribution in [2.75, 3.05) is 0 Å². The molecular weight excluding hydrogens is 226 g/mol. The first-order chi connectivity index (χ1) is 8.61. The summed E-state index contributed by atoms with van der Waals surface area (Å²) < 4.78 is 3.90. The zero-order chi connectivity index (χ0) is 13.1. The molecule has 0 aliphatic heterocycles. The average Bonchev–Trinajstić information content (AvgIpc) is 2.86. The number of nitrogens with zero attached hydrogens (tertiary/aromatic N) is 4. The van der Waals surface area contributed by atoms with E-state index in [-0.39, 0.29) is 0 Å². The highest BCUT2D eigenvalue weighted by Crippen LogP contribution is 2.08. The fourth-order valence-corrected chi connectivity index (χ4v) is 2.04. The quantitative estimate of drug-likeness (QED) is 0.872. The van der Waals surface area contributed by atoms with Gasteiger partial charge in [0.2, 0.25) is 0 Å². The van der Waals surface area contributed by atoms with Crippen molar-refractivity contribution in [3.8, 4) is 0 Å². The molecule has 0 fully saturated rings. The molecule has 0 bridgehead atoms. The Morgan fingerprint density at radius 1 is 1.28 bits per heavy atom. The lowest BCUT2D eigenvalue weighted by atomic mass is 10.2. The topological polar surface area (TPSA) is 47.7 Å². The molecule has 0 unspecified atom stereocenters. The van der Waals surface area contributed by atoms with Crippen LogP contribution in [0.3, 0.4) is 0 Å². The average molecular weight is 247 g/mol. The monoisotopic (exact) mass is 247 g/mol. The minimum absolute atomic E-state index is 0.832. The summed E-state index contributed by atoms with van der Waals surface area (Å²) in [7, 11) is 1.98. The summed E-state index contributed by atoms with van der Waals surface area (Å²) in [6.07, 6.45) is 4.01. The molecule has 5 heteroatoms. The highest BCUT2D eigenvalue weighted by atomic mass is 15.3. The second-order valence-electron chi connectivity index (χ2n) is 4.60. The largest absolute Gasteiger partial charge is 0.307 e. The van der Waals surface area contributed by atoms with Crippen molar-refractivity contribution in [1.29, 1.82) is 0 Å². The van der Waals surface area contributed by atoms with Gasteiger partial charge in [0.15, 0.2) is 0 Å². The fraction of sp³-hybridized carbons (Fsp3) is 0.538. The van der Waals surface area contributed by atoms with Gasteiger partial charge in [-0.1, -0.05) is 0 Å². The third-order valence-corrected chi connectivity index (χ3v) is 3.25. The fourth-order valence-electron chi connectivity index (χ4n) is 2.04. The van der Waals surface area contributed by atoms with Crippen LogP contribution in [0, 0.1) is 13.8 Å². The summed E-state index contributed by atoms with van der Waals surface area (Å²) in [5.41, 5.74) is 4.82. The van der Waals surface area contributed by atoms with Crippen LogP contribution < -0.4 is 5.32 Å². The first-order valence-corrected chi connectivity index (χ1v) is 6.33. The second kappa shape index (κ2) is 5.35. The predicted molar refractivity (Wildman–Crippen MR) is 71.1 cm³/mol. The van der Waals surface area contributed by atoms with Gasteiger partial charge in [-0.3, -0.25) is 9.36 Å². The van der Waals surface area contributed by atoms with Crippen molar-refractivity contribution in [3.63, 3.8) is 0 Å². The SMILES string of the molecule is CCn1cc(CNCc2c(C)cnn2C)c(C)n1. The molecule has 2 heterocycles. The van der Waals surface area contributed by atoms with Gasteiger partial charge in [0.25, 0.3) is 0 Å². The Morgan fingerprint density at radius 2 is 2.06 bits per heavy atom. The Balaban J connectivity index is 1.94. The summed E-state index contributed by atoms with van der Waals surface area (Å²) in [6.45, 7) is 8.84. The van der Waals surface area contributed by atoms with E-state index in [0.717, 1.165) is 25.3 Å². The summed E-state index contributed by atoms with van der Waals surface area (Å²) in [6, 6.07) is 0. The highest BCUT2D eigenvalue weighted by Gasteiger charge is 2.06. The molecule has 5 nitrogen and oxygen atoms in total. The number of hydrogen-bond acceptors (Lipinski definition) is 3. The molecule has 2 aromatic rings. The van der Waals surface area contributed by atoms with E-state index >= 15 is 0 Å². The molecule has 2 rings (SSSR count). The van der Waals surface area contributed by atoms with Gasteiger partial charge in [-0.15, -0.1) is 0 Å². The molecule has 0 radical (unpaired) electrons. The van der Waals surface area contributed by atoms with Crippen molar-refractivity contribution >= 4 is 0 Å². The summed E-state index contributed by atoms with van der Waals surface area (Å²) in [4.78, 5) is 0. The van der Waals surface area contributed by atoms with E-state index in [9.17, 15) is 0 Å². The molecule has 1 N–H and O–H groups in total. The smallest absolute Gasteiger partial charge is 0.0638 e. The Labute approximate surface area is 108 Å². The van der Waals surface area contributed by atoms with Crippen LogP contribution in [0.2, 0.25) is 0 Å². The normalized spacial score (nSPS) is 11.1. The summed E-state index contributed by atoms with van der Waals surface area (Å²) >= 11 is 0. The maximum atomic E-state index is 4.44.